The van der Waals surface area contributed by atoms with Gasteiger partial charge in [-0.2, -0.15) is 0 Å². The van der Waals surface area contributed by atoms with Crippen molar-refractivity contribution < 1.29 is 4.79 Å². The van der Waals surface area contributed by atoms with E-state index in [-0.39, 0.29) is 18.0 Å². The fraction of sp³-hybridized carbons (Fsp3) is 0.571. The van der Waals surface area contributed by atoms with E-state index in [2.05, 4.69) is 15.2 Å². The van der Waals surface area contributed by atoms with E-state index >= 15 is 0 Å². The molecule has 1 amide bonds. The average molecular weight is 262 g/mol. The van der Waals surface area contributed by atoms with Crippen LogP contribution in [0.25, 0.3) is 0 Å². The van der Waals surface area contributed by atoms with Crippen molar-refractivity contribution in [1.29, 1.82) is 0 Å². The molecule has 0 aliphatic carbocycles. The summed E-state index contributed by atoms with van der Waals surface area (Å²) >= 11 is 0. The summed E-state index contributed by atoms with van der Waals surface area (Å²) in [5.74, 6) is 0.0420. The lowest BCUT2D eigenvalue weighted by Crippen LogP contribution is -2.64. The van der Waals surface area contributed by atoms with Crippen LogP contribution in [0.1, 0.15) is 32.5 Å². The van der Waals surface area contributed by atoms with Crippen molar-refractivity contribution in [3.8, 4) is 0 Å². The second kappa shape index (κ2) is 5.27. The molecular weight excluding hydrogens is 240 g/mol. The van der Waals surface area contributed by atoms with Gasteiger partial charge in [-0.05, 0) is 32.9 Å². The molecule has 2 unspecified atom stereocenters. The van der Waals surface area contributed by atoms with E-state index in [0.29, 0.717) is 6.54 Å². The first-order chi connectivity index (χ1) is 8.94. The molecule has 2 rings (SSSR count). The second-order valence-electron chi connectivity index (χ2n) is 5.57. The lowest BCUT2D eigenvalue weighted by atomic mass is 9.92. The first kappa shape index (κ1) is 14.0. The number of nitrogens with two attached hydrogens (primary N) is 1. The van der Waals surface area contributed by atoms with Crippen molar-refractivity contribution in [2.24, 2.45) is 5.73 Å². The summed E-state index contributed by atoms with van der Waals surface area (Å²) in [6, 6.07) is 5.66. The van der Waals surface area contributed by atoms with Gasteiger partial charge in [0.2, 0.25) is 5.91 Å². The molecule has 1 fully saturated rings. The third-order valence-electron chi connectivity index (χ3n) is 3.74. The van der Waals surface area contributed by atoms with Crippen molar-refractivity contribution in [2.45, 2.75) is 38.4 Å². The number of hydrogen-bond acceptors (Lipinski definition) is 4. The normalized spacial score (nSPS) is 22.6. The number of piperazine rings is 1. The number of carbonyl (C=O) groups excluding carboxylic acids is 1. The highest BCUT2D eigenvalue weighted by Gasteiger charge is 2.43. The van der Waals surface area contributed by atoms with E-state index < -0.39 is 5.54 Å². The van der Waals surface area contributed by atoms with E-state index in [1.807, 2.05) is 39.0 Å². The van der Waals surface area contributed by atoms with Crippen LogP contribution in [0.5, 0.6) is 0 Å². The van der Waals surface area contributed by atoms with Crippen LogP contribution < -0.4 is 11.1 Å². The Morgan fingerprint density at radius 2 is 2.21 bits per heavy atom. The number of pyridine rings is 1. The molecule has 0 radical (unpaired) electrons. The molecule has 3 N–H and O–H groups in total. The highest BCUT2D eigenvalue weighted by molar-refractivity contribution is 5.86. The summed E-state index contributed by atoms with van der Waals surface area (Å²) in [5, 5.41) is 2.91. The van der Waals surface area contributed by atoms with Crippen LogP contribution in [-0.4, -0.2) is 40.5 Å². The number of nitrogens with zero attached hydrogens (tertiary/aromatic N) is 2. The first-order valence-corrected chi connectivity index (χ1v) is 6.66. The van der Waals surface area contributed by atoms with Crippen LogP contribution >= 0.6 is 0 Å². The lowest BCUT2D eigenvalue weighted by molar-refractivity contribution is -0.137. The summed E-state index contributed by atoms with van der Waals surface area (Å²) < 4.78 is 0. The van der Waals surface area contributed by atoms with E-state index in [0.717, 1.165) is 12.2 Å². The standard InChI is InChI=1S/C14H22N4O/c1-10(15)12(11-6-4-5-7-16-11)18-9-8-17-13(19)14(18,2)3/h4-7,10,12H,8-9,15H2,1-3H3,(H,17,19). The monoisotopic (exact) mass is 262 g/mol. The Kier molecular flexibility index (Phi) is 3.87. The second-order valence-corrected chi connectivity index (χ2v) is 5.57. The Morgan fingerprint density at radius 3 is 2.79 bits per heavy atom. The topological polar surface area (TPSA) is 71.2 Å². The van der Waals surface area contributed by atoms with E-state index in [1.54, 1.807) is 6.20 Å². The summed E-state index contributed by atoms with van der Waals surface area (Å²) in [6.07, 6.45) is 1.77. The van der Waals surface area contributed by atoms with E-state index in [1.165, 1.54) is 0 Å². The van der Waals surface area contributed by atoms with Crippen molar-refractivity contribution in [1.82, 2.24) is 15.2 Å². The molecule has 1 aliphatic rings. The van der Waals surface area contributed by atoms with Gasteiger partial charge in [-0.25, -0.2) is 0 Å². The molecule has 0 bridgehead atoms. The Hall–Kier alpha value is -1.46. The van der Waals surface area contributed by atoms with Gasteiger partial charge in [-0.15, -0.1) is 0 Å². The van der Waals surface area contributed by atoms with Gasteiger partial charge < -0.3 is 11.1 Å². The van der Waals surface area contributed by atoms with Crippen LogP contribution in [0.3, 0.4) is 0 Å². The van der Waals surface area contributed by atoms with Crippen molar-refractivity contribution in [3.63, 3.8) is 0 Å². The molecule has 1 saturated heterocycles. The van der Waals surface area contributed by atoms with Gasteiger partial charge in [0.1, 0.15) is 0 Å². The fourth-order valence-corrected chi connectivity index (χ4v) is 2.67. The van der Waals surface area contributed by atoms with Crippen LogP contribution in [0.15, 0.2) is 24.4 Å². The number of rotatable bonds is 3. The van der Waals surface area contributed by atoms with Crippen LogP contribution in [0.2, 0.25) is 0 Å². The molecule has 0 saturated carbocycles. The number of amides is 1. The smallest absolute Gasteiger partial charge is 0.240 e. The molecule has 2 heterocycles. The third-order valence-corrected chi connectivity index (χ3v) is 3.74. The molecule has 104 valence electrons. The SMILES string of the molecule is CC(N)C(c1ccccn1)N1CCNC(=O)C1(C)C. The van der Waals surface area contributed by atoms with Gasteiger partial charge in [0.05, 0.1) is 17.3 Å². The van der Waals surface area contributed by atoms with Crippen LogP contribution in [0, 0.1) is 0 Å². The predicted molar refractivity (Wildman–Crippen MR) is 74.4 cm³/mol. The molecule has 1 aromatic rings. The minimum absolute atomic E-state index is 0.0420. The zero-order chi connectivity index (χ0) is 14.0. The van der Waals surface area contributed by atoms with E-state index in [4.69, 9.17) is 5.73 Å². The number of carbonyl (C=O) groups is 1. The highest BCUT2D eigenvalue weighted by atomic mass is 16.2. The van der Waals surface area contributed by atoms with E-state index in [9.17, 15) is 4.79 Å². The minimum atomic E-state index is -0.575. The maximum atomic E-state index is 12.1. The number of hydrogen-bond donors (Lipinski definition) is 2. The molecule has 0 aromatic carbocycles. The molecular formula is C14H22N4O. The van der Waals surface area contributed by atoms with Gasteiger partial charge in [0.15, 0.2) is 0 Å². The van der Waals surface area contributed by atoms with Crippen molar-refractivity contribution in [2.75, 3.05) is 13.1 Å². The molecule has 1 aliphatic heterocycles. The average Bonchev–Trinajstić information content (AvgIpc) is 2.36. The van der Waals surface area contributed by atoms with Crippen LogP contribution in [0.4, 0.5) is 0 Å². The summed E-state index contributed by atoms with van der Waals surface area (Å²) in [7, 11) is 0. The Labute approximate surface area is 114 Å². The Bertz CT molecular complexity index is 444. The van der Waals surface area contributed by atoms with Gasteiger partial charge in [-0.1, -0.05) is 6.07 Å². The maximum absolute atomic E-state index is 12.1. The first-order valence-electron chi connectivity index (χ1n) is 6.66. The molecule has 1 aromatic heterocycles. The molecule has 19 heavy (non-hydrogen) atoms. The fourth-order valence-electron chi connectivity index (χ4n) is 2.67. The van der Waals surface area contributed by atoms with Crippen molar-refractivity contribution in [3.05, 3.63) is 30.1 Å². The lowest BCUT2D eigenvalue weighted by Gasteiger charge is -2.46. The highest BCUT2D eigenvalue weighted by Crippen LogP contribution is 2.30. The van der Waals surface area contributed by atoms with Gasteiger partial charge in [0, 0.05) is 25.3 Å². The third kappa shape index (κ3) is 2.62. The Morgan fingerprint density at radius 1 is 1.47 bits per heavy atom. The molecule has 2 atom stereocenters. The molecule has 5 nitrogen and oxygen atoms in total. The van der Waals surface area contributed by atoms with Gasteiger partial charge >= 0.3 is 0 Å². The summed E-state index contributed by atoms with van der Waals surface area (Å²) in [6.45, 7) is 7.25. The van der Waals surface area contributed by atoms with Crippen LogP contribution in [-0.2, 0) is 4.79 Å². The zero-order valence-electron chi connectivity index (χ0n) is 11.8. The minimum Gasteiger partial charge on any atom is -0.353 e. The summed E-state index contributed by atoms with van der Waals surface area (Å²) in [5.41, 5.74) is 6.49. The van der Waals surface area contributed by atoms with Crippen molar-refractivity contribution >= 4 is 5.91 Å². The van der Waals surface area contributed by atoms with Gasteiger partial charge in [-0.3, -0.25) is 14.7 Å². The van der Waals surface area contributed by atoms with Gasteiger partial charge in [0.25, 0.3) is 0 Å². The summed E-state index contributed by atoms with van der Waals surface area (Å²) in [4.78, 5) is 18.6. The number of aromatic nitrogens is 1. The Balaban J connectivity index is 2.37. The maximum Gasteiger partial charge on any atom is 0.240 e. The molecule has 0 spiro atoms. The zero-order valence-corrected chi connectivity index (χ0v) is 11.8. The molecule has 5 heteroatoms. The quantitative estimate of drug-likeness (QED) is 0.840. The largest absolute Gasteiger partial charge is 0.353 e. The predicted octanol–water partition coefficient (Wildman–Crippen LogP) is 0.680. The number of nitrogens with one attached hydrogen (secondary N) is 1.